The number of likely N-dealkylation sites (N-methyl/N-ethyl adjacent to an activating group) is 1. The molecule has 1 unspecified atom stereocenters. The summed E-state index contributed by atoms with van der Waals surface area (Å²) in [4.78, 5) is 27.3. The van der Waals surface area contributed by atoms with Gasteiger partial charge in [-0.2, -0.15) is 0 Å². The lowest BCUT2D eigenvalue weighted by Gasteiger charge is -2.45. The molecule has 2 aromatic carbocycles. The summed E-state index contributed by atoms with van der Waals surface area (Å²) in [5, 5.41) is 0. The average Bonchev–Trinajstić information content (AvgIpc) is 2.96. The van der Waals surface area contributed by atoms with Crippen LogP contribution in [0.15, 0.2) is 53.5 Å². The Balaban J connectivity index is 1.46. The first-order valence-corrected chi connectivity index (χ1v) is 14.3. The Bertz CT molecular complexity index is 1100. The van der Waals surface area contributed by atoms with Crippen LogP contribution in [0.3, 0.4) is 0 Å². The standard InChI is InChI=1S/C31H43N5O2/c1-33(2)17-18-34-19-21-35(22-20-34)31-32-28-12-8-7-11-27(28)29(23-30(37)38-3)36(31)26-15-13-25(14-16-26)24-9-5-4-6-10-24/h7-8,11-16,24,29H,4-6,9-10,17-23H2,1-3H3. The third-order valence-corrected chi connectivity index (χ3v) is 8.40. The number of guanidine groups is 1. The fourth-order valence-electron chi connectivity index (χ4n) is 6.13. The molecular formula is C31H43N5O2. The van der Waals surface area contributed by atoms with Gasteiger partial charge < -0.3 is 19.4 Å². The molecule has 0 spiro atoms. The highest BCUT2D eigenvalue weighted by Crippen LogP contribution is 2.41. The molecule has 1 aliphatic carbocycles. The molecule has 1 saturated carbocycles. The number of anilines is 1. The minimum Gasteiger partial charge on any atom is -0.469 e. The van der Waals surface area contributed by atoms with Gasteiger partial charge in [-0.25, -0.2) is 4.99 Å². The van der Waals surface area contributed by atoms with E-state index < -0.39 is 0 Å². The van der Waals surface area contributed by atoms with E-state index in [9.17, 15) is 4.79 Å². The Morgan fingerprint density at radius 2 is 1.68 bits per heavy atom. The maximum atomic E-state index is 12.7. The molecule has 3 aliphatic rings. The van der Waals surface area contributed by atoms with Gasteiger partial charge in [0.15, 0.2) is 0 Å². The van der Waals surface area contributed by atoms with E-state index >= 15 is 0 Å². The molecule has 0 radical (unpaired) electrons. The van der Waals surface area contributed by atoms with Gasteiger partial charge in [0.25, 0.3) is 0 Å². The zero-order chi connectivity index (χ0) is 26.5. The van der Waals surface area contributed by atoms with Crippen molar-refractivity contribution in [2.45, 2.75) is 50.5 Å². The van der Waals surface area contributed by atoms with Gasteiger partial charge >= 0.3 is 5.97 Å². The highest BCUT2D eigenvalue weighted by atomic mass is 16.5. The molecule has 0 bridgehead atoms. The summed E-state index contributed by atoms with van der Waals surface area (Å²) in [7, 11) is 5.73. The zero-order valence-electron chi connectivity index (χ0n) is 23.3. The van der Waals surface area contributed by atoms with E-state index in [2.05, 4.69) is 70.1 Å². The second kappa shape index (κ2) is 12.3. The predicted octanol–water partition coefficient (Wildman–Crippen LogP) is 5.03. The number of ether oxygens (including phenoxy) is 1. The van der Waals surface area contributed by atoms with Crippen molar-refractivity contribution in [2.75, 3.05) is 65.4 Å². The maximum absolute atomic E-state index is 12.7. The fraction of sp³-hybridized carbons (Fsp3) is 0.548. The molecule has 7 heteroatoms. The Labute approximate surface area is 228 Å². The molecule has 1 atom stereocenters. The molecule has 0 aromatic heterocycles. The van der Waals surface area contributed by atoms with E-state index in [-0.39, 0.29) is 18.4 Å². The van der Waals surface area contributed by atoms with Crippen molar-refractivity contribution in [2.24, 2.45) is 4.99 Å². The van der Waals surface area contributed by atoms with Crippen LogP contribution < -0.4 is 4.90 Å². The highest BCUT2D eigenvalue weighted by molar-refractivity contribution is 6.01. The molecule has 1 saturated heterocycles. The molecule has 0 amide bonds. The number of fused-ring (bicyclic) bond motifs is 1. The van der Waals surface area contributed by atoms with Crippen molar-refractivity contribution in [1.82, 2.24) is 14.7 Å². The number of nitrogens with zero attached hydrogens (tertiary/aromatic N) is 5. The van der Waals surface area contributed by atoms with Crippen LogP contribution >= 0.6 is 0 Å². The number of rotatable bonds is 7. The van der Waals surface area contributed by atoms with Crippen LogP contribution in [0.2, 0.25) is 0 Å². The van der Waals surface area contributed by atoms with Gasteiger partial charge in [0, 0.05) is 50.5 Å². The lowest BCUT2D eigenvalue weighted by molar-refractivity contribution is -0.141. The van der Waals surface area contributed by atoms with Gasteiger partial charge in [0.05, 0.1) is 25.3 Å². The zero-order valence-corrected chi connectivity index (χ0v) is 23.3. The minimum atomic E-state index is -0.205. The number of hydrogen-bond acceptors (Lipinski definition) is 7. The number of esters is 1. The summed E-state index contributed by atoms with van der Waals surface area (Å²) in [5.74, 6) is 1.40. The first-order valence-electron chi connectivity index (χ1n) is 14.3. The molecule has 204 valence electrons. The van der Waals surface area contributed by atoms with Crippen LogP contribution in [-0.2, 0) is 9.53 Å². The molecule has 2 heterocycles. The molecule has 2 aliphatic heterocycles. The SMILES string of the molecule is COC(=O)CC1c2ccccc2N=C(N2CCN(CCN(C)C)CC2)N1c1ccc(C2CCCCC2)cc1. The number of para-hydroxylation sites is 1. The molecule has 0 N–H and O–H groups in total. The van der Waals surface area contributed by atoms with Crippen LogP contribution in [0.4, 0.5) is 11.4 Å². The molecular weight excluding hydrogens is 474 g/mol. The van der Waals surface area contributed by atoms with Crippen LogP contribution in [0.1, 0.15) is 61.6 Å². The van der Waals surface area contributed by atoms with Gasteiger partial charge in [-0.1, -0.05) is 49.6 Å². The maximum Gasteiger partial charge on any atom is 0.307 e. The monoisotopic (exact) mass is 517 g/mol. The lowest BCUT2D eigenvalue weighted by Crippen LogP contribution is -2.55. The van der Waals surface area contributed by atoms with E-state index in [0.717, 1.165) is 62.2 Å². The number of piperazine rings is 1. The Kier molecular flexibility index (Phi) is 8.65. The first kappa shape index (κ1) is 26.7. The normalized spacial score (nSPS) is 20.8. The van der Waals surface area contributed by atoms with Crippen LogP contribution in [0.25, 0.3) is 0 Å². The van der Waals surface area contributed by atoms with Gasteiger partial charge in [-0.3, -0.25) is 9.69 Å². The molecule has 7 nitrogen and oxygen atoms in total. The van der Waals surface area contributed by atoms with Gasteiger partial charge in [0.1, 0.15) is 0 Å². The highest BCUT2D eigenvalue weighted by Gasteiger charge is 2.36. The van der Waals surface area contributed by atoms with Crippen molar-refractivity contribution < 1.29 is 9.53 Å². The van der Waals surface area contributed by atoms with Crippen LogP contribution in [-0.4, -0.2) is 87.1 Å². The van der Waals surface area contributed by atoms with Gasteiger partial charge in [-0.05, 0) is 56.6 Å². The average molecular weight is 518 g/mol. The third-order valence-electron chi connectivity index (χ3n) is 8.40. The Hall–Kier alpha value is -2.90. The number of carbonyl (C=O) groups is 1. The summed E-state index contributed by atoms with van der Waals surface area (Å²) in [6.07, 6.45) is 6.86. The molecule has 38 heavy (non-hydrogen) atoms. The van der Waals surface area contributed by atoms with E-state index in [4.69, 9.17) is 9.73 Å². The van der Waals surface area contributed by atoms with Crippen LogP contribution in [0, 0.1) is 0 Å². The number of hydrogen-bond donors (Lipinski definition) is 0. The summed E-state index contributed by atoms with van der Waals surface area (Å²) >= 11 is 0. The summed E-state index contributed by atoms with van der Waals surface area (Å²) in [5.41, 5.74) is 4.54. The Morgan fingerprint density at radius 3 is 2.37 bits per heavy atom. The van der Waals surface area contributed by atoms with Crippen molar-refractivity contribution in [1.29, 1.82) is 0 Å². The summed E-state index contributed by atoms with van der Waals surface area (Å²) < 4.78 is 5.16. The topological polar surface area (TPSA) is 51.6 Å². The third kappa shape index (κ3) is 6.05. The van der Waals surface area contributed by atoms with E-state index in [0.29, 0.717) is 5.92 Å². The molecule has 2 fully saturated rings. The van der Waals surface area contributed by atoms with Gasteiger partial charge in [-0.15, -0.1) is 0 Å². The second-order valence-electron chi connectivity index (χ2n) is 11.2. The van der Waals surface area contributed by atoms with E-state index in [1.54, 1.807) is 0 Å². The summed E-state index contributed by atoms with van der Waals surface area (Å²) in [6.45, 7) is 5.98. The molecule has 5 rings (SSSR count). The number of benzene rings is 2. The van der Waals surface area contributed by atoms with Crippen molar-refractivity contribution in [3.05, 3.63) is 59.7 Å². The van der Waals surface area contributed by atoms with Crippen molar-refractivity contribution in [3.8, 4) is 0 Å². The number of methoxy groups -OCH3 is 1. The minimum absolute atomic E-state index is 0.168. The predicted molar refractivity (Wildman–Crippen MR) is 154 cm³/mol. The summed E-state index contributed by atoms with van der Waals surface area (Å²) in [6, 6.07) is 17.2. The van der Waals surface area contributed by atoms with E-state index in [1.165, 1.54) is 44.8 Å². The lowest BCUT2D eigenvalue weighted by atomic mass is 9.84. The molecule has 2 aromatic rings. The Morgan fingerprint density at radius 1 is 0.974 bits per heavy atom. The van der Waals surface area contributed by atoms with Crippen molar-refractivity contribution >= 4 is 23.3 Å². The first-order chi connectivity index (χ1) is 18.5. The van der Waals surface area contributed by atoms with Crippen LogP contribution in [0.5, 0.6) is 0 Å². The number of aliphatic imine (C=N–C) groups is 1. The van der Waals surface area contributed by atoms with Gasteiger partial charge in [0.2, 0.25) is 5.96 Å². The smallest absolute Gasteiger partial charge is 0.307 e. The van der Waals surface area contributed by atoms with Crippen molar-refractivity contribution in [3.63, 3.8) is 0 Å². The fourth-order valence-corrected chi connectivity index (χ4v) is 6.13. The number of carbonyl (C=O) groups excluding carboxylic acids is 1. The van der Waals surface area contributed by atoms with E-state index in [1.807, 2.05) is 12.1 Å². The second-order valence-corrected chi connectivity index (χ2v) is 11.2. The largest absolute Gasteiger partial charge is 0.469 e. The quantitative estimate of drug-likeness (QED) is 0.481.